The third kappa shape index (κ3) is 7.49. The van der Waals surface area contributed by atoms with E-state index >= 15 is 0 Å². The summed E-state index contributed by atoms with van der Waals surface area (Å²) in [5.74, 6) is 0. The highest BCUT2D eigenvalue weighted by molar-refractivity contribution is 6.13. The highest BCUT2D eigenvalue weighted by Crippen LogP contribution is 2.56. The Labute approximate surface area is 471 Å². The van der Waals surface area contributed by atoms with Crippen LogP contribution in [0.1, 0.15) is 22.3 Å². The zero-order valence-corrected chi connectivity index (χ0v) is 44.4. The molecule has 0 radical (unpaired) electrons. The highest BCUT2D eigenvalue weighted by Gasteiger charge is 2.46. The van der Waals surface area contributed by atoms with Gasteiger partial charge in [-0.05, 0) is 156 Å². The summed E-state index contributed by atoms with van der Waals surface area (Å²) in [5, 5.41) is 4.96. The van der Waals surface area contributed by atoms with E-state index in [1.54, 1.807) is 0 Å². The van der Waals surface area contributed by atoms with Gasteiger partial charge < -0.3 is 9.13 Å². The van der Waals surface area contributed by atoms with Gasteiger partial charge in [-0.1, -0.05) is 249 Å². The monoisotopic (exact) mass is 1030 g/mol. The Bertz CT molecular complexity index is 4860. The van der Waals surface area contributed by atoms with E-state index in [0.29, 0.717) is 0 Å². The fourth-order valence-corrected chi connectivity index (χ4v) is 13.5. The van der Waals surface area contributed by atoms with Gasteiger partial charge in [0.25, 0.3) is 0 Å². The topological polar surface area (TPSA) is 9.86 Å². The summed E-state index contributed by atoms with van der Waals surface area (Å²) >= 11 is 0. The molecule has 0 saturated heterocycles. The van der Waals surface area contributed by atoms with Crippen LogP contribution in [-0.2, 0) is 5.41 Å². The molecule has 0 unspecified atom stereocenters. The van der Waals surface area contributed by atoms with Crippen LogP contribution in [0.25, 0.3) is 122 Å². The summed E-state index contributed by atoms with van der Waals surface area (Å²) in [6, 6.07) is 116. The molecule has 0 bridgehead atoms. The summed E-state index contributed by atoms with van der Waals surface area (Å²) < 4.78 is 4.84. The molecule has 16 rings (SSSR count). The molecule has 0 amide bonds. The standard InChI is InChI=1S/C79H52N2/c1-3-18-53(19-4-1)59-21-16-26-65(49-59)80-75-34-13-9-30-69(75)71-51-61(44-46-77(71)80)62-45-47-78-72(52-62)70-31-10-14-35-76(70)81(78)66-27-17-22-60(50-66)57-42-38-55(39-43-57)54-36-40-56(41-37-54)58-20-15-25-64(48-58)79(63-23-5-2-6-24-63)73-32-11-7-28-67(73)68-29-8-12-33-74(68)79/h1-52H. The molecule has 2 heteroatoms. The van der Waals surface area contributed by atoms with Gasteiger partial charge in [0, 0.05) is 32.9 Å². The highest BCUT2D eigenvalue weighted by atomic mass is 15.0. The summed E-state index contributed by atoms with van der Waals surface area (Å²) in [5.41, 5.74) is 26.4. The smallest absolute Gasteiger partial charge is 0.0713 e. The van der Waals surface area contributed by atoms with E-state index in [9.17, 15) is 0 Å². The van der Waals surface area contributed by atoms with Gasteiger partial charge in [0.2, 0.25) is 0 Å². The van der Waals surface area contributed by atoms with Crippen LogP contribution < -0.4 is 0 Å². The van der Waals surface area contributed by atoms with Gasteiger partial charge in [-0.3, -0.25) is 0 Å². The van der Waals surface area contributed by atoms with Crippen molar-refractivity contribution < 1.29 is 0 Å². The Hall–Kier alpha value is -10.5. The zero-order valence-electron chi connectivity index (χ0n) is 44.4. The molecule has 378 valence electrons. The molecular weight excluding hydrogens is 977 g/mol. The van der Waals surface area contributed by atoms with E-state index in [2.05, 4.69) is 325 Å². The van der Waals surface area contributed by atoms with Crippen LogP contribution in [0.15, 0.2) is 315 Å². The van der Waals surface area contributed by atoms with Crippen molar-refractivity contribution in [1.29, 1.82) is 0 Å². The lowest BCUT2D eigenvalue weighted by Gasteiger charge is -2.34. The quantitative estimate of drug-likeness (QED) is 0.136. The lowest BCUT2D eigenvalue weighted by Crippen LogP contribution is -2.28. The summed E-state index contributed by atoms with van der Waals surface area (Å²) in [6.07, 6.45) is 0. The minimum absolute atomic E-state index is 0.430. The Morgan fingerprint density at radius 1 is 0.198 bits per heavy atom. The molecule has 0 fully saturated rings. The number of aromatic nitrogens is 2. The van der Waals surface area contributed by atoms with Crippen molar-refractivity contribution in [2.24, 2.45) is 0 Å². The Kier molecular flexibility index (Phi) is 10.8. The number of nitrogens with zero attached hydrogens (tertiary/aromatic N) is 2. The molecule has 0 aliphatic heterocycles. The normalized spacial score (nSPS) is 12.5. The van der Waals surface area contributed by atoms with Crippen LogP contribution in [-0.4, -0.2) is 9.13 Å². The summed E-state index contributed by atoms with van der Waals surface area (Å²) in [6.45, 7) is 0. The van der Waals surface area contributed by atoms with Crippen molar-refractivity contribution in [3.8, 4) is 78.1 Å². The van der Waals surface area contributed by atoms with Crippen LogP contribution in [0.2, 0.25) is 0 Å². The molecule has 0 saturated carbocycles. The Morgan fingerprint density at radius 3 is 1.04 bits per heavy atom. The second-order valence-corrected chi connectivity index (χ2v) is 21.6. The Morgan fingerprint density at radius 2 is 0.531 bits per heavy atom. The second-order valence-electron chi connectivity index (χ2n) is 21.6. The van der Waals surface area contributed by atoms with Crippen molar-refractivity contribution in [3.05, 3.63) is 338 Å². The van der Waals surface area contributed by atoms with Gasteiger partial charge in [-0.25, -0.2) is 0 Å². The average Bonchev–Trinajstić information content (AvgIpc) is 4.39. The van der Waals surface area contributed by atoms with Crippen molar-refractivity contribution in [2.75, 3.05) is 0 Å². The first-order chi connectivity index (χ1) is 40.2. The molecule has 0 N–H and O–H groups in total. The van der Waals surface area contributed by atoms with Crippen LogP contribution in [0.5, 0.6) is 0 Å². The third-order valence-electron chi connectivity index (χ3n) is 17.2. The zero-order chi connectivity index (χ0) is 53.4. The van der Waals surface area contributed by atoms with E-state index in [1.807, 2.05) is 0 Å². The first kappa shape index (κ1) is 46.5. The third-order valence-corrected chi connectivity index (χ3v) is 17.2. The summed E-state index contributed by atoms with van der Waals surface area (Å²) in [7, 11) is 0. The van der Waals surface area contributed by atoms with Gasteiger partial charge >= 0.3 is 0 Å². The first-order valence-electron chi connectivity index (χ1n) is 28.1. The minimum Gasteiger partial charge on any atom is -0.309 e. The molecule has 15 aromatic rings. The maximum Gasteiger partial charge on any atom is 0.0713 e. The van der Waals surface area contributed by atoms with E-state index < -0.39 is 5.41 Å². The Balaban J connectivity index is 0.698. The van der Waals surface area contributed by atoms with Crippen molar-refractivity contribution in [1.82, 2.24) is 9.13 Å². The van der Waals surface area contributed by atoms with Gasteiger partial charge in [0.1, 0.15) is 0 Å². The van der Waals surface area contributed by atoms with E-state index in [0.717, 1.165) is 11.4 Å². The van der Waals surface area contributed by atoms with Crippen LogP contribution >= 0.6 is 0 Å². The van der Waals surface area contributed by atoms with Crippen LogP contribution in [0.4, 0.5) is 0 Å². The van der Waals surface area contributed by atoms with Crippen molar-refractivity contribution >= 4 is 43.6 Å². The molecule has 2 heterocycles. The van der Waals surface area contributed by atoms with Gasteiger partial charge in [-0.2, -0.15) is 0 Å². The molecule has 1 aliphatic rings. The van der Waals surface area contributed by atoms with Gasteiger partial charge in [-0.15, -0.1) is 0 Å². The maximum absolute atomic E-state index is 2.43. The number of benzene rings is 13. The maximum atomic E-state index is 2.43. The lowest BCUT2D eigenvalue weighted by molar-refractivity contribution is 0.769. The number of hydrogen-bond acceptors (Lipinski definition) is 0. The van der Waals surface area contributed by atoms with E-state index in [1.165, 1.54) is 133 Å². The molecule has 2 aromatic heterocycles. The van der Waals surface area contributed by atoms with Crippen molar-refractivity contribution in [2.45, 2.75) is 5.41 Å². The van der Waals surface area contributed by atoms with Crippen LogP contribution in [0, 0.1) is 0 Å². The SMILES string of the molecule is c1ccc(-c2cccc(-n3c4ccccc4c4cc(-c5ccc6c(c5)c5ccccc5n6-c5cccc(-c6ccc(-c7ccc(-c8cccc(C9(c%10ccccc%10)c%10ccccc%10-c%10ccccc%109)c8)cc7)cc6)c5)ccc43)c2)cc1. The fourth-order valence-electron chi connectivity index (χ4n) is 13.5. The molecule has 1 aliphatic carbocycles. The average molecular weight is 1030 g/mol. The molecular formula is C79H52N2. The number of hydrogen-bond donors (Lipinski definition) is 0. The van der Waals surface area contributed by atoms with Crippen molar-refractivity contribution in [3.63, 3.8) is 0 Å². The van der Waals surface area contributed by atoms with E-state index in [4.69, 9.17) is 0 Å². The van der Waals surface area contributed by atoms with Gasteiger partial charge in [0.05, 0.1) is 27.5 Å². The summed E-state index contributed by atoms with van der Waals surface area (Å²) in [4.78, 5) is 0. The molecule has 0 spiro atoms. The number of para-hydroxylation sites is 2. The molecule has 2 nitrogen and oxygen atoms in total. The molecule has 13 aromatic carbocycles. The van der Waals surface area contributed by atoms with E-state index in [-0.39, 0.29) is 0 Å². The first-order valence-corrected chi connectivity index (χ1v) is 28.1. The molecule has 0 atom stereocenters. The largest absolute Gasteiger partial charge is 0.309 e. The lowest BCUT2D eigenvalue weighted by atomic mass is 9.67. The number of rotatable bonds is 9. The predicted molar refractivity (Wildman–Crippen MR) is 340 cm³/mol. The van der Waals surface area contributed by atoms with Gasteiger partial charge in [0.15, 0.2) is 0 Å². The second kappa shape index (κ2) is 18.8. The minimum atomic E-state index is -0.430. The van der Waals surface area contributed by atoms with Crippen LogP contribution in [0.3, 0.4) is 0 Å². The molecule has 81 heavy (non-hydrogen) atoms. The fraction of sp³-hybridized carbons (Fsp3) is 0.0127. The predicted octanol–water partition coefficient (Wildman–Crippen LogP) is 20.6. The number of fused-ring (bicyclic) bond motifs is 9.